The van der Waals surface area contributed by atoms with Crippen molar-refractivity contribution in [3.63, 3.8) is 0 Å². The first-order valence-electron chi connectivity index (χ1n) is 7.69. The maximum Gasteiger partial charge on any atom is 0.490 e. The van der Waals surface area contributed by atoms with Crippen molar-refractivity contribution in [3.8, 4) is 0 Å². The molecule has 7 N–H and O–H groups in total. The number of rotatable bonds is 8. The van der Waals surface area contributed by atoms with E-state index in [0.717, 1.165) is 6.92 Å². The molecular formula is C10H16F2N3O12P3S. The molecule has 0 bridgehead atoms. The number of nitrogen functional groups attached to an aromatic ring is 1. The quantitative estimate of drug-likeness (QED) is 0.199. The highest BCUT2D eigenvalue weighted by Gasteiger charge is 2.56. The Kier molecular flexibility index (Phi) is 7.63. The van der Waals surface area contributed by atoms with Crippen LogP contribution in [0.15, 0.2) is 6.20 Å². The van der Waals surface area contributed by atoms with Gasteiger partial charge in [-0.05, 0) is 19.1 Å². The van der Waals surface area contributed by atoms with Gasteiger partial charge in [-0.15, -0.1) is 0 Å². The summed E-state index contributed by atoms with van der Waals surface area (Å²) in [7, 11) is -16.9. The van der Waals surface area contributed by atoms with Crippen molar-refractivity contribution < 1.29 is 65.0 Å². The molecule has 31 heavy (non-hydrogen) atoms. The van der Waals surface area contributed by atoms with E-state index in [1.165, 1.54) is 0 Å². The maximum absolute atomic E-state index is 15.1. The van der Waals surface area contributed by atoms with Gasteiger partial charge in [-0.3, -0.25) is 9.09 Å². The van der Waals surface area contributed by atoms with Crippen molar-refractivity contribution in [2.24, 2.45) is 0 Å². The fourth-order valence-electron chi connectivity index (χ4n) is 2.45. The minimum atomic E-state index is -5.77. The standard InChI is InChI=1S/C10H16F2N3O12P3S/c1-10(12)6(16)5(25-8(10)15-2-4(11)7(13)14-9(15)31)3-24-29(20,21)27-30(22,23)26-28(17,18)19/h2,5-6,8,16H,3H2,1H3,(H,20,21)(H,22,23)(H2,13,14,31)(H2,17,18,19)/t5-,6?,8-,10-/m1/s1. The summed E-state index contributed by atoms with van der Waals surface area (Å²) in [5, 5.41) is 10.1. The van der Waals surface area contributed by atoms with Crippen LogP contribution in [0.4, 0.5) is 14.6 Å². The third-order valence-corrected chi connectivity index (χ3v) is 7.83. The highest BCUT2D eigenvalue weighted by molar-refractivity contribution is 7.71. The van der Waals surface area contributed by atoms with E-state index >= 15 is 4.39 Å². The number of hydrogen-bond acceptors (Lipinski definition) is 11. The predicted molar refractivity (Wildman–Crippen MR) is 96.7 cm³/mol. The lowest BCUT2D eigenvalue weighted by atomic mass is 9.98. The van der Waals surface area contributed by atoms with E-state index in [9.17, 15) is 28.1 Å². The molecule has 0 amide bonds. The van der Waals surface area contributed by atoms with Gasteiger partial charge in [0.25, 0.3) is 0 Å². The Labute approximate surface area is 176 Å². The second-order valence-corrected chi connectivity index (χ2v) is 11.0. The Bertz CT molecular complexity index is 1050. The molecular weight excluding hydrogens is 517 g/mol. The summed E-state index contributed by atoms with van der Waals surface area (Å²) in [5.74, 6) is -1.66. The van der Waals surface area contributed by atoms with Gasteiger partial charge < -0.3 is 35.2 Å². The van der Waals surface area contributed by atoms with Gasteiger partial charge in [0.1, 0.15) is 12.2 Å². The smallest absolute Gasteiger partial charge is 0.387 e. The molecule has 1 aliphatic heterocycles. The molecule has 1 saturated heterocycles. The summed E-state index contributed by atoms with van der Waals surface area (Å²) in [4.78, 5) is 38.9. The highest BCUT2D eigenvalue weighted by Crippen LogP contribution is 2.66. The molecule has 0 saturated carbocycles. The zero-order chi connectivity index (χ0) is 24.0. The zero-order valence-corrected chi connectivity index (χ0v) is 18.6. The number of phosphoric ester groups is 1. The molecule has 1 aromatic heterocycles. The number of aromatic nitrogens is 2. The van der Waals surface area contributed by atoms with Crippen LogP contribution in [0.1, 0.15) is 13.2 Å². The Hall–Kier alpha value is -0.710. The minimum absolute atomic E-state index is 0.423. The van der Waals surface area contributed by atoms with Crippen LogP contribution < -0.4 is 5.73 Å². The third-order valence-electron chi connectivity index (χ3n) is 3.72. The van der Waals surface area contributed by atoms with Crippen molar-refractivity contribution in [2.45, 2.75) is 31.0 Å². The third kappa shape index (κ3) is 6.65. The fraction of sp³-hybridized carbons (Fsp3) is 0.600. The van der Waals surface area contributed by atoms with E-state index in [1.54, 1.807) is 0 Å². The number of halogens is 2. The highest BCUT2D eigenvalue weighted by atomic mass is 32.1. The van der Waals surface area contributed by atoms with Gasteiger partial charge in [0.15, 0.2) is 23.5 Å². The monoisotopic (exact) mass is 533 g/mol. The number of nitrogens with two attached hydrogens (primary N) is 1. The lowest BCUT2D eigenvalue weighted by Crippen LogP contribution is -2.41. The van der Waals surface area contributed by atoms with E-state index in [0.29, 0.717) is 10.8 Å². The van der Waals surface area contributed by atoms with Crippen LogP contribution in [0.3, 0.4) is 0 Å². The van der Waals surface area contributed by atoms with Crippen LogP contribution in [-0.4, -0.2) is 58.7 Å². The van der Waals surface area contributed by atoms with Gasteiger partial charge in [-0.2, -0.15) is 13.6 Å². The molecule has 6 atom stereocenters. The van der Waals surface area contributed by atoms with E-state index < -0.39 is 70.6 Å². The molecule has 2 rings (SSSR count). The molecule has 1 aliphatic rings. The van der Waals surface area contributed by atoms with Crippen LogP contribution in [-0.2, 0) is 31.6 Å². The molecule has 1 aromatic rings. The summed E-state index contributed by atoms with van der Waals surface area (Å²) < 4.78 is 79.2. The van der Waals surface area contributed by atoms with Crippen molar-refractivity contribution in [2.75, 3.05) is 12.3 Å². The topological polar surface area (TPSA) is 233 Å². The maximum atomic E-state index is 15.1. The second-order valence-electron chi connectivity index (χ2n) is 6.17. The van der Waals surface area contributed by atoms with Crippen LogP contribution >= 0.6 is 35.7 Å². The summed E-state index contributed by atoms with van der Waals surface area (Å²) in [6.07, 6.45) is -4.93. The zero-order valence-electron chi connectivity index (χ0n) is 15.1. The van der Waals surface area contributed by atoms with Gasteiger partial charge in [0.2, 0.25) is 4.77 Å². The Morgan fingerprint density at radius 1 is 1.29 bits per heavy atom. The summed E-state index contributed by atoms with van der Waals surface area (Å²) in [6.45, 7) is -0.303. The van der Waals surface area contributed by atoms with Crippen LogP contribution in [0.25, 0.3) is 0 Å². The van der Waals surface area contributed by atoms with Gasteiger partial charge in [-0.25, -0.2) is 22.5 Å². The Balaban J connectivity index is 2.16. The van der Waals surface area contributed by atoms with Gasteiger partial charge >= 0.3 is 23.5 Å². The van der Waals surface area contributed by atoms with Crippen molar-refractivity contribution in [1.29, 1.82) is 0 Å². The number of alkyl halides is 1. The molecule has 3 unspecified atom stereocenters. The number of hydrogen-bond donors (Lipinski definition) is 6. The van der Waals surface area contributed by atoms with Crippen molar-refractivity contribution in [1.82, 2.24) is 9.55 Å². The Morgan fingerprint density at radius 3 is 2.42 bits per heavy atom. The number of phosphoric acid groups is 3. The summed E-state index contributed by atoms with van der Waals surface area (Å²) in [5.41, 5.74) is 2.58. The number of ether oxygens (including phenoxy) is 1. The van der Waals surface area contributed by atoms with Gasteiger partial charge in [-0.1, -0.05) is 0 Å². The lowest BCUT2D eigenvalue weighted by molar-refractivity contribution is -0.0597. The molecule has 0 radical (unpaired) electrons. The van der Waals surface area contributed by atoms with Crippen molar-refractivity contribution >= 4 is 41.5 Å². The first-order chi connectivity index (χ1) is 13.8. The predicted octanol–water partition coefficient (Wildman–Crippen LogP) is 0.664. The molecule has 2 heterocycles. The van der Waals surface area contributed by atoms with Gasteiger partial charge in [0, 0.05) is 6.20 Å². The molecule has 0 aromatic carbocycles. The van der Waals surface area contributed by atoms with E-state index in [2.05, 4.69) is 18.1 Å². The van der Waals surface area contributed by atoms with Gasteiger partial charge in [0.05, 0.1) is 6.61 Å². The molecule has 0 spiro atoms. The molecule has 178 valence electrons. The van der Waals surface area contributed by atoms with E-state index in [1.807, 2.05) is 0 Å². The van der Waals surface area contributed by atoms with Crippen LogP contribution in [0, 0.1) is 10.6 Å². The average Bonchev–Trinajstić information content (AvgIpc) is 2.76. The first-order valence-corrected chi connectivity index (χ1v) is 12.6. The summed E-state index contributed by atoms with van der Waals surface area (Å²) >= 11 is 4.85. The van der Waals surface area contributed by atoms with Crippen LogP contribution in [0.2, 0.25) is 0 Å². The largest absolute Gasteiger partial charge is 0.490 e. The van der Waals surface area contributed by atoms with E-state index in [-0.39, 0.29) is 0 Å². The number of aliphatic hydroxyl groups excluding tert-OH is 1. The average molecular weight is 533 g/mol. The molecule has 15 nitrogen and oxygen atoms in total. The fourth-order valence-corrected chi connectivity index (χ4v) is 5.72. The van der Waals surface area contributed by atoms with Crippen LogP contribution in [0.5, 0.6) is 0 Å². The lowest BCUT2D eigenvalue weighted by Gasteiger charge is -2.25. The number of aliphatic hydroxyl groups is 1. The summed E-state index contributed by atoms with van der Waals surface area (Å²) in [6, 6.07) is 0. The minimum Gasteiger partial charge on any atom is -0.387 e. The molecule has 1 fully saturated rings. The second kappa shape index (κ2) is 8.91. The normalized spacial score (nSPS) is 30.6. The SMILES string of the molecule is C[C@@]1(F)C(O)[C@@H](COP(=O)(O)OP(=O)(O)OP(=O)(O)O)O[C@H]1n1cc(F)c(N)nc1=S. The van der Waals surface area contributed by atoms with E-state index in [4.69, 9.17) is 37.4 Å². The molecule has 0 aliphatic carbocycles. The first kappa shape index (κ1) is 26.5. The number of anilines is 1. The molecule has 21 heteroatoms. The van der Waals surface area contributed by atoms with Crippen molar-refractivity contribution in [3.05, 3.63) is 16.8 Å². The number of nitrogens with zero attached hydrogens (tertiary/aromatic N) is 2. The Morgan fingerprint density at radius 2 is 1.87 bits per heavy atom.